The number of hydrogen-bond donors (Lipinski definition) is 0. The van der Waals surface area contributed by atoms with Crippen LogP contribution in [0.3, 0.4) is 0 Å². The van der Waals surface area contributed by atoms with Crippen molar-refractivity contribution in [2.24, 2.45) is 0 Å². The standard InChI is InChI=1S/C20H25NO5/c1-12(2)21-13(3)9-17(14(21)4)18(22)11-26-20(23)16-8-7-15(24-5)10-19(16)25-6/h7-10,12H,11H2,1-6H3. The van der Waals surface area contributed by atoms with Gasteiger partial charge < -0.3 is 18.8 Å². The molecule has 1 aromatic heterocycles. The largest absolute Gasteiger partial charge is 0.497 e. The van der Waals surface area contributed by atoms with Crippen molar-refractivity contribution < 1.29 is 23.8 Å². The van der Waals surface area contributed by atoms with Gasteiger partial charge in [-0.25, -0.2) is 4.79 Å². The van der Waals surface area contributed by atoms with Crippen LogP contribution in [0.25, 0.3) is 0 Å². The molecule has 0 aliphatic rings. The molecule has 0 saturated heterocycles. The first-order valence-electron chi connectivity index (χ1n) is 8.40. The molecule has 2 aromatic rings. The monoisotopic (exact) mass is 359 g/mol. The van der Waals surface area contributed by atoms with Gasteiger partial charge in [-0.05, 0) is 45.9 Å². The van der Waals surface area contributed by atoms with Gasteiger partial charge in [0, 0.05) is 29.1 Å². The zero-order valence-corrected chi connectivity index (χ0v) is 16.1. The van der Waals surface area contributed by atoms with Crippen LogP contribution in [0.4, 0.5) is 0 Å². The van der Waals surface area contributed by atoms with Crippen LogP contribution in [0, 0.1) is 13.8 Å². The Morgan fingerprint density at radius 3 is 2.27 bits per heavy atom. The minimum atomic E-state index is -0.615. The highest BCUT2D eigenvalue weighted by Crippen LogP contribution is 2.25. The average molecular weight is 359 g/mol. The highest BCUT2D eigenvalue weighted by atomic mass is 16.5. The number of hydrogen-bond acceptors (Lipinski definition) is 5. The molecule has 0 fully saturated rings. The fourth-order valence-electron chi connectivity index (χ4n) is 3.11. The van der Waals surface area contributed by atoms with E-state index >= 15 is 0 Å². The molecule has 0 unspecified atom stereocenters. The van der Waals surface area contributed by atoms with E-state index < -0.39 is 5.97 Å². The maximum absolute atomic E-state index is 12.5. The van der Waals surface area contributed by atoms with Crippen LogP contribution < -0.4 is 9.47 Å². The van der Waals surface area contributed by atoms with Crippen LogP contribution in [0.1, 0.15) is 52.0 Å². The van der Waals surface area contributed by atoms with Crippen LogP contribution in [0.2, 0.25) is 0 Å². The first-order valence-corrected chi connectivity index (χ1v) is 8.40. The number of aryl methyl sites for hydroxylation is 1. The minimum Gasteiger partial charge on any atom is -0.497 e. The number of carbonyl (C=O) groups is 2. The summed E-state index contributed by atoms with van der Waals surface area (Å²) in [5.74, 6) is 0.0525. The second-order valence-corrected chi connectivity index (χ2v) is 6.31. The molecule has 0 atom stereocenters. The highest BCUT2D eigenvalue weighted by Gasteiger charge is 2.20. The van der Waals surface area contributed by atoms with Gasteiger partial charge in [0.15, 0.2) is 6.61 Å². The second-order valence-electron chi connectivity index (χ2n) is 6.31. The molecule has 1 aromatic carbocycles. The molecule has 0 saturated carbocycles. The van der Waals surface area contributed by atoms with E-state index in [1.165, 1.54) is 14.2 Å². The molecular formula is C20H25NO5. The van der Waals surface area contributed by atoms with Crippen LogP contribution in [0.15, 0.2) is 24.3 Å². The summed E-state index contributed by atoms with van der Waals surface area (Å²) in [6.45, 7) is 7.65. The molecule has 0 spiro atoms. The van der Waals surface area contributed by atoms with Gasteiger partial charge in [0.05, 0.1) is 14.2 Å². The van der Waals surface area contributed by atoms with E-state index in [1.54, 1.807) is 18.2 Å². The predicted molar refractivity (Wildman–Crippen MR) is 98.5 cm³/mol. The van der Waals surface area contributed by atoms with Gasteiger partial charge in [0.25, 0.3) is 0 Å². The molecule has 6 heteroatoms. The number of rotatable bonds is 7. The summed E-state index contributed by atoms with van der Waals surface area (Å²) in [6, 6.07) is 6.86. The Morgan fingerprint density at radius 2 is 1.73 bits per heavy atom. The molecule has 140 valence electrons. The van der Waals surface area contributed by atoms with Crippen LogP contribution >= 0.6 is 0 Å². The van der Waals surface area contributed by atoms with Gasteiger partial charge in [-0.1, -0.05) is 0 Å². The molecule has 0 aliphatic heterocycles. The maximum Gasteiger partial charge on any atom is 0.342 e. The Balaban J connectivity index is 2.13. The number of ketones is 1. The molecule has 0 bridgehead atoms. The fourth-order valence-corrected chi connectivity index (χ4v) is 3.11. The summed E-state index contributed by atoms with van der Waals surface area (Å²) in [5, 5.41) is 0. The van der Waals surface area contributed by atoms with Crippen LogP contribution in [-0.4, -0.2) is 37.1 Å². The van der Waals surface area contributed by atoms with Gasteiger partial charge in [-0.3, -0.25) is 4.79 Å². The quantitative estimate of drug-likeness (QED) is 0.556. The van der Waals surface area contributed by atoms with Gasteiger partial charge in [-0.2, -0.15) is 0 Å². The summed E-state index contributed by atoms with van der Waals surface area (Å²) in [6.07, 6.45) is 0. The van der Waals surface area contributed by atoms with Gasteiger partial charge in [-0.15, -0.1) is 0 Å². The van der Waals surface area contributed by atoms with E-state index in [0.717, 1.165) is 11.4 Å². The van der Waals surface area contributed by atoms with E-state index in [-0.39, 0.29) is 24.0 Å². The van der Waals surface area contributed by atoms with Crippen molar-refractivity contribution in [2.75, 3.05) is 20.8 Å². The zero-order chi connectivity index (χ0) is 19.4. The van der Waals surface area contributed by atoms with Crippen molar-refractivity contribution in [1.82, 2.24) is 4.57 Å². The maximum atomic E-state index is 12.5. The predicted octanol–water partition coefficient (Wildman–Crippen LogP) is 3.74. The highest BCUT2D eigenvalue weighted by molar-refractivity contribution is 6.01. The lowest BCUT2D eigenvalue weighted by molar-refractivity contribution is 0.0471. The van der Waals surface area contributed by atoms with Crippen LogP contribution in [-0.2, 0) is 4.74 Å². The Hall–Kier alpha value is -2.76. The molecule has 6 nitrogen and oxygen atoms in total. The lowest BCUT2D eigenvalue weighted by atomic mass is 10.1. The minimum absolute atomic E-state index is 0.231. The Bertz CT molecular complexity index is 820. The summed E-state index contributed by atoms with van der Waals surface area (Å²) in [4.78, 5) is 24.8. The topological polar surface area (TPSA) is 66.8 Å². The van der Waals surface area contributed by atoms with Crippen molar-refractivity contribution in [3.8, 4) is 11.5 Å². The van der Waals surface area contributed by atoms with Crippen molar-refractivity contribution >= 4 is 11.8 Å². The fraction of sp³-hybridized carbons (Fsp3) is 0.400. The van der Waals surface area contributed by atoms with Gasteiger partial charge >= 0.3 is 5.97 Å². The van der Waals surface area contributed by atoms with Gasteiger partial charge in [0.1, 0.15) is 17.1 Å². The number of ether oxygens (including phenoxy) is 3. The normalized spacial score (nSPS) is 10.7. The van der Waals surface area contributed by atoms with E-state index in [4.69, 9.17) is 14.2 Å². The summed E-state index contributed by atoms with van der Waals surface area (Å²) < 4.78 is 17.6. The first-order chi connectivity index (χ1) is 12.3. The molecule has 0 amide bonds. The number of carbonyl (C=O) groups excluding carboxylic acids is 2. The van der Waals surface area contributed by atoms with Crippen LogP contribution in [0.5, 0.6) is 11.5 Å². The first kappa shape index (κ1) is 19.6. The Kier molecular flexibility index (Phi) is 6.08. The van der Waals surface area contributed by atoms with E-state index in [9.17, 15) is 9.59 Å². The number of esters is 1. The summed E-state index contributed by atoms with van der Waals surface area (Å²) >= 11 is 0. The molecule has 26 heavy (non-hydrogen) atoms. The second kappa shape index (κ2) is 8.08. The number of Topliss-reactive ketones (excluding diaryl/α,β-unsaturated/α-hetero) is 1. The molecule has 0 aliphatic carbocycles. The van der Waals surface area contributed by atoms with Gasteiger partial charge in [0.2, 0.25) is 5.78 Å². The SMILES string of the molecule is COc1ccc(C(=O)OCC(=O)c2cc(C)n(C(C)C)c2C)c(OC)c1. The molecule has 2 rings (SSSR count). The summed E-state index contributed by atoms with van der Waals surface area (Å²) in [7, 11) is 2.98. The Morgan fingerprint density at radius 1 is 1.04 bits per heavy atom. The lowest BCUT2D eigenvalue weighted by Gasteiger charge is -2.13. The third-order valence-electron chi connectivity index (χ3n) is 4.26. The Labute approximate surface area is 153 Å². The third-order valence-corrected chi connectivity index (χ3v) is 4.26. The summed E-state index contributed by atoms with van der Waals surface area (Å²) in [5.41, 5.74) is 2.70. The number of nitrogens with zero attached hydrogens (tertiary/aromatic N) is 1. The third kappa shape index (κ3) is 3.90. The number of methoxy groups -OCH3 is 2. The van der Waals surface area contributed by atoms with Crippen molar-refractivity contribution in [2.45, 2.75) is 33.7 Å². The molecule has 0 N–H and O–H groups in total. The van der Waals surface area contributed by atoms with E-state index in [1.807, 2.05) is 19.9 Å². The molecular weight excluding hydrogens is 334 g/mol. The molecule has 0 radical (unpaired) electrons. The average Bonchev–Trinajstić information content (AvgIpc) is 2.93. The van der Waals surface area contributed by atoms with Crippen molar-refractivity contribution in [3.63, 3.8) is 0 Å². The zero-order valence-electron chi connectivity index (χ0n) is 16.1. The number of aromatic nitrogens is 1. The van der Waals surface area contributed by atoms with E-state index in [2.05, 4.69) is 18.4 Å². The smallest absolute Gasteiger partial charge is 0.342 e. The lowest BCUT2D eigenvalue weighted by Crippen LogP contribution is -2.16. The van der Waals surface area contributed by atoms with Crippen molar-refractivity contribution in [3.05, 3.63) is 46.8 Å². The van der Waals surface area contributed by atoms with E-state index in [0.29, 0.717) is 17.1 Å². The number of benzene rings is 1. The molecule has 1 heterocycles. The van der Waals surface area contributed by atoms with Crippen molar-refractivity contribution in [1.29, 1.82) is 0 Å².